The minimum Gasteiger partial charge on any atom is -0.324 e. The summed E-state index contributed by atoms with van der Waals surface area (Å²) < 4.78 is 64.9. The molecule has 2 atom stereocenters. The van der Waals surface area contributed by atoms with E-state index in [2.05, 4.69) is 10.3 Å². The fourth-order valence-electron chi connectivity index (χ4n) is 3.62. The average Bonchev–Trinajstić information content (AvgIpc) is 3.02. The Balaban J connectivity index is 1.58. The lowest BCUT2D eigenvalue weighted by Gasteiger charge is -2.31. The van der Waals surface area contributed by atoms with E-state index < -0.39 is 42.7 Å². The van der Waals surface area contributed by atoms with Crippen molar-refractivity contribution in [1.29, 1.82) is 0 Å². The molecular weight excluding hydrogens is 413 g/mol. The van der Waals surface area contributed by atoms with Crippen molar-refractivity contribution in [2.75, 3.05) is 11.9 Å². The van der Waals surface area contributed by atoms with Gasteiger partial charge >= 0.3 is 12.2 Å². The zero-order valence-electron chi connectivity index (χ0n) is 15.9. The molecule has 1 aliphatic carbocycles. The summed E-state index contributed by atoms with van der Waals surface area (Å²) in [4.78, 5) is 29.1. The molecule has 3 rings (SSSR count). The van der Waals surface area contributed by atoms with Gasteiger partial charge in [0.05, 0.1) is 12.6 Å². The molecule has 30 heavy (non-hydrogen) atoms. The van der Waals surface area contributed by atoms with Crippen molar-refractivity contribution in [3.63, 3.8) is 0 Å². The highest BCUT2D eigenvalue weighted by Gasteiger charge is 2.46. The monoisotopic (exact) mass is 435 g/mol. The van der Waals surface area contributed by atoms with E-state index in [1.165, 1.54) is 18.3 Å². The fourth-order valence-corrected chi connectivity index (χ4v) is 3.62. The number of nitrogens with zero attached hydrogens (tertiary/aromatic N) is 2. The summed E-state index contributed by atoms with van der Waals surface area (Å²) in [7, 11) is 0. The van der Waals surface area contributed by atoms with E-state index in [1.54, 1.807) is 0 Å². The Hall–Kier alpha value is -2.50. The molecule has 12 heteroatoms. The quantitative estimate of drug-likeness (QED) is 0.619. The van der Waals surface area contributed by atoms with Gasteiger partial charge in [-0.3, -0.25) is 4.79 Å². The highest BCUT2D eigenvalue weighted by molar-refractivity contribution is 5.94. The molecule has 0 spiro atoms. The maximum absolute atomic E-state index is 13.3. The third-order valence-corrected chi connectivity index (χ3v) is 5.40. The number of nitrogens with one attached hydrogen (secondary N) is 2. The van der Waals surface area contributed by atoms with E-state index in [-0.39, 0.29) is 44.0 Å². The lowest BCUT2D eigenvalue weighted by Crippen LogP contribution is -2.44. The van der Waals surface area contributed by atoms with Gasteiger partial charge in [-0.2, -0.15) is 13.2 Å². The van der Waals surface area contributed by atoms with Crippen LogP contribution in [-0.4, -0.2) is 52.5 Å². The molecular formula is C18H22F5N5O2. The number of aromatic nitrogens is 1. The zero-order chi connectivity index (χ0) is 22.1. The molecule has 1 aromatic heterocycles. The number of carbonyl (C=O) groups excluding carboxylic acids is 2. The molecule has 1 aromatic rings. The summed E-state index contributed by atoms with van der Waals surface area (Å²) in [5, 5.41) is 4.38. The first-order chi connectivity index (χ1) is 13.9. The largest absolute Gasteiger partial charge is 0.410 e. The summed E-state index contributed by atoms with van der Waals surface area (Å²) in [6.45, 7) is -0.628. The van der Waals surface area contributed by atoms with E-state index in [1.807, 2.05) is 5.32 Å². The molecule has 1 saturated carbocycles. The molecule has 4 N–H and O–H groups in total. The van der Waals surface area contributed by atoms with Crippen molar-refractivity contribution in [1.82, 2.24) is 15.2 Å². The summed E-state index contributed by atoms with van der Waals surface area (Å²) in [6.07, 6.45) is -3.56. The second kappa shape index (κ2) is 8.32. The number of alkyl halides is 5. The molecule has 0 aromatic carbocycles. The van der Waals surface area contributed by atoms with E-state index in [0.717, 1.165) is 4.90 Å². The molecule has 7 nitrogen and oxygen atoms in total. The number of rotatable bonds is 5. The summed E-state index contributed by atoms with van der Waals surface area (Å²) >= 11 is 0. The van der Waals surface area contributed by atoms with Crippen LogP contribution in [0.5, 0.6) is 0 Å². The van der Waals surface area contributed by atoms with E-state index >= 15 is 0 Å². The lowest BCUT2D eigenvalue weighted by molar-refractivity contribution is -0.149. The number of anilines is 1. The maximum atomic E-state index is 13.3. The van der Waals surface area contributed by atoms with Crippen LogP contribution in [0.4, 0.5) is 32.6 Å². The predicted molar refractivity (Wildman–Crippen MR) is 96.5 cm³/mol. The molecule has 2 aliphatic rings. The minimum atomic E-state index is -4.54. The molecule has 0 radical (unpaired) electrons. The Morgan fingerprint density at radius 3 is 2.63 bits per heavy atom. The molecule has 2 heterocycles. The maximum Gasteiger partial charge on any atom is 0.410 e. The predicted octanol–water partition coefficient (Wildman–Crippen LogP) is 2.63. The van der Waals surface area contributed by atoms with Gasteiger partial charge in [-0.05, 0) is 36.5 Å². The van der Waals surface area contributed by atoms with Crippen LogP contribution < -0.4 is 16.4 Å². The van der Waals surface area contributed by atoms with Gasteiger partial charge in [0.2, 0.25) is 11.8 Å². The number of hydrogen-bond acceptors (Lipinski definition) is 4. The van der Waals surface area contributed by atoms with E-state index in [4.69, 9.17) is 5.73 Å². The Kier molecular flexibility index (Phi) is 6.16. The van der Waals surface area contributed by atoms with Crippen LogP contribution in [0.15, 0.2) is 18.3 Å². The van der Waals surface area contributed by atoms with Gasteiger partial charge in [-0.1, -0.05) is 0 Å². The number of urea groups is 1. The Morgan fingerprint density at radius 1 is 1.37 bits per heavy atom. The number of hydrogen-bond donors (Lipinski definition) is 3. The van der Waals surface area contributed by atoms with Crippen molar-refractivity contribution in [3.8, 4) is 0 Å². The van der Waals surface area contributed by atoms with Crippen LogP contribution in [0.25, 0.3) is 0 Å². The number of carbonyl (C=O) groups is 2. The van der Waals surface area contributed by atoms with Gasteiger partial charge in [0.1, 0.15) is 11.9 Å². The van der Waals surface area contributed by atoms with Crippen LogP contribution in [0, 0.1) is 5.92 Å². The highest BCUT2D eigenvalue weighted by Crippen LogP contribution is 2.37. The summed E-state index contributed by atoms with van der Waals surface area (Å²) in [5.74, 6) is -3.57. The Labute approximate surface area is 169 Å². The van der Waals surface area contributed by atoms with Crippen LogP contribution in [0.1, 0.15) is 31.2 Å². The first-order valence-corrected chi connectivity index (χ1v) is 9.46. The molecule has 0 bridgehead atoms. The average molecular weight is 435 g/mol. The minimum absolute atomic E-state index is 0.104. The zero-order valence-corrected chi connectivity index (χ0v) is 15.9. The van der Waals surface area contributed by atoms with Crippen LogP contribution >= 0.6 is 0 Å². The van der Waals surface area contributed by atoms with Gasteiger partial charge in [0.15, 0.2) is 0 Å². The van der Waals surface area contributed by atoms with E-state index in [0.29, 0.717) is 5.56 Å². The Morgan fingerprint density at radius 2 is 2.03 bits per heavy atom. The smallest absolute Gasteiger partial charge is 0.324 e. The number of nitrogens with two attached hydrogens (primary N) is 1. The highest BCUT2D eigenvalue weighted by atomic mass is 19.4. The third kappa shape index (κ3) is 5.35. The fraction of sp³-hybridized carbons (Fsp3) is 0.611. The number of amides is 3. The molecule has 1 saturated heterocycles. The van der Waals surface area contributed by atoms with Crippen LogP contribution in [0.2, 0.25) is 0 Å². The van der Waals surface area contributed by atoms with Gasteiger partial charge in [-0.15, -0.1) is 0 Å². The molecule has 1 aliphatic heterocycles. The second-order valence-corrected chi connectivity index (χ2v) is 7.68. The molecule has 166 valence electrons. The van der Waals surface area contributed by atoms with Crippen molar-refractivity contribution < 1.29 is 31.5 Å². The summed E-state index contributed by atoms with van der Waals surface area (Å²) in [6, 6.07) is -0.827. The second-order valence-electron chi connectivity index (χ2n) is 7.68. The third-order valence-electron chi connectivity index (χ3n) is 5.40. The van der Waals surface area contributed by atoms with Crippen molar-refractivity contribution in [3.05, 3.63) is 23.9 Å². The van der Waals surface area contributed by atoms with Gasteiger partial charge in [0, 0.05) is 25.6 Å². The Bertz CT molecular complexity index is 793. The lowest BCUT2D eigenvalue weighted by atomic mass is 9.82. The normalized spacial score (nSPS) is 23.2. The van der Waals surface area contributed by atoms with Gasteiger partial charge < -0.3 is 21.3 Å². The van der Waals surface area contributed by atoms with Crippen molar-refractivity contribution >= 4 is 17.8 Å². The van der Waals surface area contributed by atoms with Gasteiger partial charge in [0.25, 0.3) is 0 Å². The topological polar surface area (TPSA) is 100 Å². The van der Waals surface area contributed by atoms with Crippen molar-refractivity contribution in [2.24, 2.45) is 11.7 Å². The number of pyridine rings is 1. The molecule has 2 fully saturated rings. The molecule has 3 amide bonds. The van der Waals surface area contributed by atoms with Gasteiger partial charge in [-0.25, -0.2) is 18.6 Å². The van der Waals surface area contributed by atoms with E-state index in [9.17, 15) is 31.5 Å². The van der Waals surface area contributed by atoms with Crippen molar-refractivity contribution in [2.45, 2.75) is 56.4 Å². The number of halogens is 5. The first kappa shape index (κ1) is 22.2. The summed E-state index contributed by atoms with van der Waals surface area (Å²) in [5.41, 5.74) is 6.38. The SMILES string of the molecule is N[C@H](C(=O)Nc1cc(CN2C[C@@H](C(F)(F)F)NC2=O)ccn1)C1CCC(F)(F)CC1. The standard InChI is InChI=1S/C18H22F5N5O2/c19-17(20)4-1-11(2-5-17)14(24)15(29)27-13-7-10(3-6-25-13)8-28-9-12(18(21,22)23)26-16(28)30/h3,6-7,11-12,14H,1-2,4-5,8-9,24H2,(H,26,30)(H,25,27,29)/t12-,14-/m0/s1. The first-order valence-electron chi connectivity index (χ1n) is 9.46. The van der Waals surface area contributed by atoms with Crippen LogP contribution in [0.3, 0.4) is 0 Å². The molecule has 0 unspecified atom stereocenters. The van der Waals surface area contributed by atoms with Crippen LogP contribution in [-0.2, 0) is 11.3 Å².